The summed E-state index contributed by atoms with van der Waals surface area (Å²) in [6.07, 6.45) is 2.64. The number of rotatable bonds is 8. The first-order chi connectivity index (χ1) is 16.5. The van der Waals surface area contributed by atoms with Crippen molar-refractivity contribution in [1.29, 1.82) is 0 Å². The zero-order valence-electron chi connectivity index (χ0n) is 19.5. The van der Waals surface area contributed by atoms with E-state index in [1.807, 2.05) is 31.2 Å². The maximum atomic E-state index is 12.9. The Balaban J connectivity index is 1.34. The lowest BCUT2D eigenvalue weighted by molar-refractivity contribution is -0.142. The van der Waals surface area contributed by atoms with Gasteiger partial charge < -0.3 is 20.1 Å². The molecule has 180 valence electrons. The average molecular weight is 465 g/mol. The maximum absolute atomic E-state index is 12.9. The van der Waals surface area contributed by atoms with Crippen molar-refractivity contribution < 1.29 is 24.2 Å². The molecule has 2 aliphatic rings. The predicted octanol–water partition coefficient (Wildman–Crippen LogP) is 4.55. The number of nitrogens with one attached hydrogen (secondary N) is 1. The summed E-state index contributed by atoms with van der Waals surface area (Å²) < 4.78 is 5.62. The zero-order valence-corrected chi connectivity index (χ0v) is 19.5. The molecule has 0 bridgehead atoms. The van der Waals surface area contributed by atoms with Gasteiger partial charge in [-0.25, -0.2) is 4.79 Å². The number of piperidine rings is 1. The Labute approximate surface area is 200 Å². The van der Waals surface area contributed by atoms with Crippen LogP contribution in [0.4, 0.5) is 4.79 Å². The Hall–Kier alpha value is -3.35. The maximum Gasteiger partial charge on any atom is 0.407 e. The van der Waals surface area contributed by atoms with Gasteiger partial charge in [0.2, 0.25) is 5.91 Å². The largest absolute Gasteiger partial charge is 0.481 e. The Morgan fingerprint density at radius 2 is 1.71 bits per heavy atom. The van der Waals surface area contributed by atoms with E-state index in [9.17, 15) is 19.5 Å². The molecule has 2 aromatic carbocycles. The number of alkyl carbamates (subject to hydrolysis) is 1. The fourth-order valence-electron chi connectivity index (χ4n) is 5.17. The van der Waals surface area contributed by atoms with Crippen LogP contribution in [-0.4, -0.2) is 53.2 Å². The molecule has 1 heterocycles. The number of carboxylic acid groups (broad SMARTS) is 1. The molecule has 2 N–H and O–H groups in total. The van der Waals surface area contributed by atoms with Crippen LogP contribution in [0.3, 0.4) is 0 Å². The quantitative estimate of drug-likeness (QED) is 0.598. The molecule has 1 aliphatic carbocycles. The predicted molar refractivity (Wildman–Crippen MR) is 129 cm³/mol. The Kier molecular flexibility index (Phi) is 7.50. The van der Waals surface area contributed by atoms with E-state index < -0.39 is 12.1 Å². The van der Waals surface area contributed by atoms with E-state index in [0.717, 1.165) is 24.0 Å². The summed E-state index contributed by atoms with van der Waals surface area (Å²) in [6, 6.07) is 15.7. The van der Waals surface area contributed by atoms with Crippen LogP contribution in [0.5, 0.6) is 0 Å². The summed E-state index contributed by atoms with van der Waals surface area (Å²) in [7, 11) is 0. The van der Waals surface area contributed by atoms with Gasteiger partial charge in [-0.3, -0.25) is 9.59 Å². The number of carbonyl (C=O) groups excluding carboxylic acids is 2. The third-order valence-electron chi connectivity index (χ3n) is 6.94. The van der Waals surface area contributed by atoms with Crippen molar-refractivity contribution in [2.45, 2.75) is 63.5 Å². The monoisotopic (exact) mass is 464 g/mol. The van der Waals surface area contributed by atoms with E-state index in [-0.39, 0.29) is 43.4 Å². The molecule has 1 fully saturated rings. The van der Waals surface area contributed by atoms with Crippen molar-refractivity contribution in [3.05, 3.63) is 59.7 Å². The minimum atomic E-state index is -0.895. The second-order valence-electron chi connectivity index (χ2n) is 9.11. The number of hydrogen-bond donors (Lipinski definition) is 2. The van der Waals surface area contributed by atoms with Gasteiger partial charge in [0, 0.05) is 31.0 Å². The minimum absolute atomic E-state index is 0.0232. The van der Waals surface area contributed by atoms with Gasteiger partial charge in [-0.15, -0.1) is 0 Å². The summed E-state index contributed by atoms with van der Waals surface area (Å²) >= 11 is 0. The van der Waals surface area contributed by atoms with Crippen molar-refractivity contribution in [2.24, 2.45) is 0 Å². The molecule has 2 atom stereocenters. The molecule has 1 unspecified atom stereocenters. The number of ether oxygens (including phenoxy) is 1. The van der Waals surface area contributed by atoms with Crippen LogP contribution in [0.2, 0.25) is 0 Å². The van der Waals surface area contributed by atoms with E-state index in [4.69, 9.17) is 4.74 Å². The lowest BCUT2D eigenvalue weighted by atomic mass is 9.98. The fraction of sp³-hybridized carbons (Fsp3) is 0.444. The smallest absolute Gasteiger partial charge is 0.407 e. The van der Waals surface area contributed by atoms with Gasteiger partial charge in [0.15, 0.2) is 0 Å². The Morgan fingerprint density at radius 1 is 1.06 bits per heavy atom. The molecule has 2 aromatic rings. The first kappa shape index (κ1) is 23.8. The minimum Gasteiger partial charge on any atom is -0.481 e. The van der Waals surface area contributed by atoms with Crippen LogP contribution in [0, 0.1) is 0 Å². The van der Waals surface area contributed by atoms with Crippen LogP contribution in [0.15, 0.2) is 48.5 Å². The molecule has 0 spiro atoms. The van der Waals surface area contributed by atoms with E-state index in [1.165, 1.54) is 11.1 Å². The highest BCUT2D eigenvalue weighted by Crippen LogP contribution is 2.44. The first-order valence-corrected chi connectivity index (χ1v) is 12.1. The fourth-order valence-corrected chi connectivity index (χ4v) is 5.17. The number of benzene rings is 2. The summed E-state index contributed by atoms with van der Waals surface area (Å²) in [6.45, 7) is 2.70. The lowest BCUT2D eigenvalue weighted by Gasteiger charge is -2.36. The van der Waals surface area contributed by atoms with Gasteiger partial charge in [-0.2, -0.15) is 0 Å². The highest BCUT2D eigenvalue weighted by Gasteiger charge is 2.31. The summed E-state index contributed by atoms with van der Waals surface area (Å²) in [5.74, 6) is -1.03. The number of nitrogens with zero attached hydrogens (tertiary/aromatic N) is 1. The van der Waals surface area contributed by atoms with E-state index >= 15 is 0 Å². The molecule has 34 heavy (non-hydrogen) atoms. The zero-order chi connectivity index (χ0) is 24.1. The third kappa shape index (κ3) is 5.24. The second kappa shape index (κ2) is 10.7. The highest BCUT2D eigenvalue weighted by atomic mass is 16.5. The number of hydrogen-bond acceptors (Lipinski definition) is 4. The van der Waals surface area contributed by atoms with Crippen molar-refractivity contribution in [2.75, 3.05) is 13.2 Å². The summed E-state index contributed by atoms with van der Waals surface area (Å²) in [4.78, 5) is 38.4. The molecule has 2 amide bonds. The third-order valence-corrected chi connectivity index (χ3v) is 6.94. The van der Waals surface area contributed by atoms with Gasteiger partial charge >= 0.3 is 12.1 Å². The molecule has 4 rings (SSSR count). The standard InChI is InChI=1S/C27H32N2O5/c1-2-18(15-25(30)29-14-8-7-9-19(29)16-26(31)32)28-27(33)34-17-24-22-12-5-3-10-20(22)21-11-4-6-13-23(21)24/h3-6,10-13,18-19,24H,2,7-9,14-17H2,1H3,(H,28,33)(H,31,32)/t18?,19-/m0/s1. The first-order valence-electron chi connectivity index (χ1n) is 12.1. The molecular weight excluding hydrogens is 432 g/mol. The second-order valence-corrected chi connectivity index (χ2v) is 9.11. The highest BCUT2D eigenvalue weighted by molar-refractivity contribution is 5.80. The molecule has 7 nitrogen and oxygen atoms in total. The normalized spacial score (nSPS) is 18.0. The van der Waals surface area contributed by atoms with E-state index in [0.29, 0.717) is 19.4 Å². The molecule has 0 radical (unpaired) electrons. The average Bonchev–Trinajstić information content (AvgIpc) is 3.16. The van der Waals surface area contributed by atoms with E-state index in [1.54, 1.807) is 4.90 Å². The lowest BCUT2D eigenvalue weighted by Crippen LogP contribution is -2.47. The van der Waals surface area contributed by atoms with Crippen LogP contribution >= 0.6 is 0 Å². The SMILES string of the molecule is CCC(CC(=O)N1CCCC[C@H]1CC(=O)O)NC(=O)OCC1c2ccccc2-c2ccccc21. The molecule has 1 saturated heterocycles. The Bertz CT molecular complexity index is 1010. The van der Waals surface area contributed by atoms with E-state index in [2.05, 4.69) is 29.6 Å². The Morgan fingerprint density at radius 3 is 2.32 bits per heavy atom. The van der Waals surface area contributed by atoms with Gasteiger partial charge in [0.1, 0.15) is 6.61 Å². The van der Waals surface area contributed by atoms with Gasteiger partial charge in [0.25, 0.3) is 0 Å². The van der Waals surface area contributed by atoms with Crippen molar-refractivity contribution in [3.8, 4) is 11.1 Å². The van der Waals surface area contributed by atoms with Crippen molar-refractivity contribution in [3.63, 3.8) is 0 Å². The van der Waals surface area contributed by atoms with Crippen molar-refractivity contribution in [1.82, 2.24) is 10.2 Å². The topological polar surface area (TPSA) is 95.9 Å². The molecule has 1 aliphatic heterocycles. The number of carboxylic acids is 1. The van der Waals surface area contributed by atoms with Crippen LogP contribution in [-0.2, 0) is 14.3 Å². The number of carbonyl (C=O) groups is 3. The van der Waals surface area contributed by atoms with Crippen LogP contribution in [0.1, 0.15) is 62.5 Å². The number of aliphatic carboxylic acids is 1. The summed E-state index contributed by atoms with van der Waals surface area (Å²) in [5.41, 5.74) is 4.63. The molecule has 0 aromatic heterocycles. The summed E-state index contributed by atoms with van der Waals surface area (Å²) in [5, 5.41) is 12.0. The van der Waals surface area contributed by atoms with Crippen LogP contribution < -0.4 is 5.32 Å². The van der Waals surface area contributed by atoms with Crippen molar-refractivity contribution >= 4 is 18.0 Å². The molecule has 0 saturated carbocycles. The van der Waals surface area contributed by atoms with Crippen LogP contribution in [0.25, 0.3) is 11.1 Å². The van der Waals surface area contributed by atoms with Gasteiger partial charge in [-0.05, 0) is 47.9 Å². The van der Waals surface area contributed by atoms with Gasteiger partial charge in [0.05, 0.1) is 6.42 Å². The molecular formula is C27H32N2O5. The molecule has 7 heteroatoms. The van der Waals surface area contributed by atoms with Gasteiger partial charge in [-0.1, -0.05) is 55.5 Å². The number of fused-ring (bicyclic) bond motifs is 3. The number of amides is 2. The number of likely N-dealkylation sites (tertiary alicyclic amines) is 1.